The summed E-state index contributed by atoms with van der Waals surface area (Å²) in [5, 5.41) is 11.9. The second-order valence-electron chi connectivity index (χ2n) is 9.62. The lowest BCUT2D eigenvalue weighted by Crippen LogP contribution is -2.29. The third kappa shape index (κ3) is 4.52. The van der Waals surface area contributed by atoms with Crippen LogP contribution in [0.5, 0.6) is 11.5 Å². The lowest BCUT2D eigenvalue weighted by Gasteiger charge is -2.24. The van der Waals surface area contributed by atoms with E-state index in [-0.39, 0.29) is 22.4 Å². The van der Waals surface area contributed by atoms with Gasteiger partial charge in [-0.05, 0) is 72.0 Å². The number of carbonyl (C=O) groups is 2. The van der Waals surface area contributed by atoms with Crippen molar-refractivity contribution in [3.63, 3.8) is 0 Å². The van der Waals surface area contributed by atoms with Gasteiger partial charge in [0.25, 0.3) is 5.78 Å². The number of ether oxygens (including phenoxy) is 2. The lowest BCUT2D eigenvalue weighted by molar-refractivity contribution is -0.132. The fourth-order valence-corrected chi connectivity index (χ4v) is 5.89. The van der Waals surface area contributed by atoms with E-state index in [0.29, 0.717) is 38.4 Å². The zero-order chi connectivity index (χ0) is 28.0. The van der Waals surface area contributed by atoms with Gasteiger partial charge in [-0.2, -0.15) is 0 Å². The fourth-order valence-electron chi connectivity index (χ4n) is 4.87. The SMILES string of the molecule is COc1cccc(C2/C(=C(\O)c3cc(C(C)C)c(OC)cc3C)C(=O)C(=O)N2c2nc3ccc(F)cc3s2)c1. The number of aryl methyl sites for hydroxylation is 1. The molecule has 1 amide bonds. The molecule has 4 aromatic rings. The molecule has 7 nitrogen and oxygen atoms in total. The van der Waals surface area contributed by atoms with Crippen LogP contribution in [-0.4, -0.2) is 36.0 Å². The molecule has 1 atom stereocenters. The van der Waals surface area contributed by atoms with Crippen LogP contribution in [0.1, 0.15) is 48.1 Å². The summed E-state index contributed by atoms with van der Waals surface area (Å²) < 4.78 is 25.4. The number of thiazole rings is 1. The van der Waals surface area contributed by atoms with Crippen LogP contribution in [0.15, 0.2) is 60.2 Å². The lowest BCUT2D eigenvalue weighted by atomic mass is 9.91. The van der Waals surface area contributed by atoms with Crippen LogP contribution in [0.3, 0.4) is 0 Å². The number of nitrogens with zero attached hydrogens (tertiary/aromatic N) is 2. The molecular formula is C30H27FN2O5S. The van der Waals surface area contributed by atoms with Gasteiger partial charge >= 0.3 is 5.91 Å². The zero-order valence-electron chi connectivity index (χ0n) is 22.1. The number of benzene rings is 3. The maximum absolute atomic E-state index is 13.9. The van der Waals surface area contributed by atoms with Crippen LogP contribution in [0.2, 0.25) is 0 Å². The summed E-state index contributed by atoms with van der Waals surface area (Å²) in [7, 11) is 3.10. The van der Waals surface area contributed by atoms with Crippen molar-refractivity contribution in [1.29, 1.82) is 0 Å². The Morgan fingerprint density at radius 2 is 1.85 bits per heavy atom. The maximum atomic E-state index is 13.9. The molecule has 1 N–H and O–H groups in total. The van der Waals surface area contributed by atoms with Gasteiger partial charge in [0.05, 0.1) is 36.1 Å². The number of Topliss-reactive ketones (excluding diaryl/α,β-unsaturated/α-hetero) is 1. The quantitative estimate of drug-likeness (QED) is 0.168. The molecule has 9 heteroatoms. The highest BCUT2D eigenvalue weighted by atomic mass is 32.1. The molecule has 0 saturated carbocycles. The molecule has 200 valence electrons. The second-order valence-corrected chi connectivity index (χ2v) is 10.6. The van der Waals surface area contributed by atoms with E-state index in [9.17, 15) is 19.1 Å². The van der Waals surface area contributed by atoms with Crippen LogP contribution < -0.4 is 14.4 Å². The Morgan fingerprint density at radius 1 is 1.08 bits per heavy atom. The van der Waals surface area contributed by atoms with Crippen molar-refractivity contribution < 1.29 is 28.6 Å². The summed E-state index contributed by atoms with van der Waals surface area (Å²) in [6.45, 7) is 5.81. The van der Waals surface area contributed by atoms with Gasteiger partial charge in [-0.1, -0.05) is 37.3 Å². The minimum atomic E-state index is -0.991. The maximum Gasteiger partial charge on any atom is 0.301 e. The first-order chi connectivity index (χ1) is 18.6. The smallest absolute Gasteiger partial charge is 0.301 e. The molecule has 1 saturated heterocycles. The molecule has 1 fully saturated rings. The van der Waals surface area contributed by atoms with Crippen LogP contribution >= 0.6 is 11.3 Å². The molecule has 0 spiro atoms. The minimum absolute atomic E-state index is 0.0679. The van der Waals surface area contributed by atoms with Crippen molar-refractivity contribution in [1.82, 2.24) is 4.98 Å². The number of aromatic nitrogens is 1. The van der Waals surface area contributed by atoms with E-state index in [1.165, 1.54) is 30.2 Å². The van der Waals surface area contributed by atoms with Gasteiger partial charge in [0.1, 0.15) is 23.1 Å². The minimum Gasteiger partial charge on any atom is -0.507 e. The topological polar surface area (TPSA) is 89.0 Å². The number of anilines is 1. The van der Waals surface area contributed by atoms with Gasteiger partial charge in [-0.3, -0.25) is 14.5 Å². The number of carbonyl (C=O) groups excluding carboxylic acids is 2. The number of amides is 1. The first kappa shape index (κ1) is 26.4. The molecule has 0 aliphatic carbocycles. The Balaban J connectivity index is 1.77. The summed E-state index contributed by atoms with van der Waals surface area (Å²) in [4.78, 5) is 33.0. The average molecular weight is 547 g/mol. The van der Waals surface area contributed by atoms with Crippen molar-refractivity contribution in [3.8, 4) is 11.5 Å². The largest absolute Gasteiger partial charge is 0.507 e. The van der Waals surface area contributed by atoms with Gasteiger partial charge < -0.3 is 14.6 Å². The standard InChI is InChI=1S/C30H27FN2O5S/c1-15(2)20-14-21(16(3)11-23(20)38-5)27(34)25-26(17-7-6-8-19(12-17)37-4)33(29(36)28(25)35)30-32-22-10-9-18(31)13-24(22)39-30/h6-15,26,34H,1-5H3/b27-25+. The van der Waals surface area contributed by atoms with Crippen molar-refractivity contribution in [3.05, 3.63) is 88.2 Å². The van der Waals surface area contributed by atoms with E-state index < -0.39 is 23.5 Å². The Labute approximate surface area is 229 Å². The number of hydrogen-bond acceptors (Lipinski definition) is 7. The van der Waals surface area contributed by atoms with E-state index in [4.69, 9.17) is 9.47 Å². The van der Waals surface area contributed by atoms with Gasteiger partial charge in [0.15, 0.2) is 5.13 Å². The molecule has 1 unspecified atom stereocenters. The number of ketones is 1. The average Bonchev–Trinajstić information content (AvgIpc) is 3.45. The van der Waals surface area contributed by atoms with E-state index >= 15 is 0 Å². The molecule has 0 bridgehead atoms. The summed E-state index contributed by atoms with van der Waals surface area (Å²) >= 11 is 1.10. The van der Waals surface area contributed by atoms with Crippen LogP contribution in [0.25, 0.3) is 16.0 Å². The fraction of sp³-hybridized carbons (Fsp3) is 0.233. The molecular weight excluding hydrogens is 519 g/mol. The zero-order valence-corrected chi connectivity index (χ0v) is 22.9. The van der Waals surface area contributed by atoms with E-state index in [2.05, 4.69) is 4.98 Å². The van der Waals surface area contributed by atoms with Crippen molar-refractivity contribution in [2.75, 3.05) is 19.1 Å². The van der Waals surface area contributed by atoms with E-state index in [1.54, 1.807) is 44.4 Å². The Hall–Kier alpha value is -4.24. The summed E-state index contributed by atoms with van der Waals surface area (Å²) in [5.74, 6) is -1.13. The Kier molecular flexibility index (Phi) is 6.86. The first-order valence-electron chi connectivity index (χ1n) is 12.3. The predicted octanol–water partition coefficient (Wildman–Crippen LogP) is 6.51. The molecule has 1 aromatic heterocycles. The Morgan fingerprint density at radius 3 is 2.54 bits per heavy atom. The van der Waals surface area contributed by atoms with Crippen LogP contribution in [0, 0.1) is 12.7 Å². The third-order valence-corrected chi connectivity index (χ3v) is 7.87. The van der Waals surface area contributed by atoms with Gasteiger partial charge in [0, 0.05) is 5.56 Å². The molecule has 39 heavy (non-hydrogen) atoms. The van der Waals surface area contributed by atoms with Crippen molar-refractivity contribution in [2.45, 2.75) is 32.7 Å². The number of hydrogen-bond donors (Lipinski definition) is 1. The molecule has 1 aliphatic heterocycles. The second kappa shape index (κ2) is 10.1. The molecule has 2 heterocycles. The number of halogens is 1. The van der Waals surface area contributed by atoms with Gasteiger partial charge in [-0.25, -0.2) is 9.37 Å². The molecule has 3 aromatic carbocycles. The highest BCUT2D eigenvalue weighted by Crippen LogP contribution is 2.45. The van der Waals surface area contributed by atoms with Gasteiger partial charge in [0.2, 0.25) is 0 Å². The van der Waals surface area contributed by atoms with Crippen LogP contribution in [0.4, 0.5) is 9.52 Å². The Bertz CT molecular complexity index is 1660. The number of aliphatic hydroxyl groups excluding tert-OH is 1. The number of rotatable bonds is 6. The highest BCUT2D eigenvalue weighted by Gasteiger charge is 2.48. The predicted molar refractivity (Wildman–Crippen MR) is 149 cm³/mol. The van der Waals surface area contributed by atoms with Crippen LogP contribution in [-0.2, 0) is 9.59 Å². The number of aliphatic hydroxyl groups is 1. The van der Waals surface area contributed by atoms with E-state index in [0.717, 1.165) is 16.9 Å². The summed E-state index contributed by atoms with van der Waals surface area (Å²) in [5.41, 5.74) is 2.94. The monoisotopic (exact) mass is 546 g/mol. The molecule has 1 aliphatic rings. The summed E-state index contributed by atoms with van der Waals surface area (Å²) in [6.07, 6.45) is 0. The van der Waals surface area contributed by atoms with Crippen molar-refractivity contribution in [2.24, 2.45) is 0 Å². The van der Waals surface area contributed by atoms with Gasteiger partial charge in [-0.15, -0.1) is 0 Å². The highest BCUT2D eigenvalue weighted by molar-refractivity contribution is 7.22. The molecule has 5 rings (SSSR count). The summed E-state index contributed by atoms with van der Waals surface area (Å²) in [6, 6.07) is 13.7. The first-order valence-corrected chi connectivity index (χ1v) is 13.2. The normalized spacial score (nSPS) is 16.9. The van der Waals surface area contributed by atoms with Crippen molar-refractivity contribution >= 4 is 44.1 Å². The third-order valence-electron chi connectivity index (χ3n) is 6.85. The number of fused-ring (bicyclic) bond motifs is 1. The number of methoxy groups -OCH3 is 2. The van der Waals surface area contributed by atoms with E-state index in [1.807, 2.05) is 19.9 Å². The molecule has 0 radical (unpaired) electrons.